The SMILES string of the molecule is Cc1nn(-c2ccc(F)cc2)c2sc(C(=O)N3CCCCC3CN)cc12.Cl. The van der Waals surface area contributed by atoms with Gasteiger partial charge in [-0.3, -0.25) is 4.79 Å². The number of aryl methyl sites for hydroxylation is 1. The maximum Gasteiger partial charge on any atom is 0.264 e. The third-order valence-corrected chi connectivity index (χ3v) is 6.09. The normalized spacial score (nSPS) is 17.1. The number of aromatic nitrogens is 2. The van der Waals surface area contributed by atoms with E-state index in [-0.39, 0.29) is 30.2 Å². The minimum atomic E-state index is -0.283. The molecule has 144 valence electrons. The monoisotopic (exact) mass is 408 g/mol. The number of carbonyl (C=O) groups excluding carboxylic acids is 1. The van der Waals surface area contributed by atoms with Gasteiger partial charge in [0.1, 0.15) is 10.6 Å². The van der Waals surface area contributed by atoms with E-state index in [0.29, 0.717) is 11.4 Å². The fourth-order valence-corrected chi connectivity index (χ4v) is 4.70. The summed E-state index contributed by atoms with van der Waals surface area (Å²) in [6.45, 7) is 3.18. The quantitative estimate of drug-likeness (QED) is 0.714. The molecule has 1 aromatic carbocycles. The van der Waals surface area contributed by atoms with Gasteiger partial charge in [0.15, 0.2) is 0 Å². The molecule has 3 aromatic rings. The summed E-state index contributed by atoms with van der Waals surface area (Å²) in [6, 6.07) is 8.26. The van der Waals surface area contributed by atoms with Crippen LogP contribution >= 0.6 is 23.7 Å². The van der Waals surface area contributed by atoms with Crippen molar-refractivity contribution in [2.24, 2.45) is 5.73 Å². The Morgan fingerprint density at radius 3 is 2.78 bits per heavy atom. The second kappa shape index (κ2) is 7.96. The molecule has 1 atom stereocenters. The Kier molecular flexibility index (Phi) is 5.83. The minimum Gasteiger partial charge on any atom is -0.334 e. The second-order valence-electron chi connectivity index (χ2n) is 6.69. The summed E-state index contributed by atoms with van der Waals surface area (Å²) < 4.78 is 15.0. The Bertz CT molecular complexity index is 953. The molecular formula is C19H22ClFN4OS. The number of piperidine rings is 1. The molecule has 2 N–H and O–H groups in total. The molecule has 4 rings (SSSR count). The molecule has 8 heteroatoms. The van der Waals surface area contributed by atoms with Crippen molar-refractivity contribution in [2.45, 2.75) is 32.2 Å². The first-order chi connectivity index (χ1) is 12.6. The fraction of sp³-hybridized carbons (Fsp3) is 0.368. The Labute approximate surface area is 167 Å². The number of benzene rings is 1. The van der Waals surface area contributed by atoms with E-state index >= 15 is 0 Å². The fourth-order valence-electron chi connectivity index (χ4n) is 3.56. The number of likely N-dealkylation sites (tertiary alicyclic amines) is 1. The second-order valence-corrected chi connectivity index (χ2v) is 7.72. The number of thiophene rings is 1. The van der Waals surface area contributed by atoms with Crippen LogP contribution in [0.5, 0.6) is 0 Å². The average Bonchev–Trinajstić information content (AvgIpc) is 3.23. The van der Waals surface area contributed by atoms with Crippen molar-refractivity contribution >= 4 is 39.9 Å². The van der Waals surface area contributed by atoms with Gasteiger partial charge in [-0.25, -0.2) is 9.07 Å². The van der Waals surface area contributed by atoms with E-state index in [1.54, 1.807) is 16.8 Å². The Balaban J connectivity index is 0.00000210. The van der Waals surface area contributed by atoms with Crippen LogP contribution in [0.4, 0.5) is 4.39 Å². The molecule has 0 radical (unpaired) electrons. The maximum atomic E-state index is 13.2. The number of hydrogen-bond donors (Lipinski definition) is 1. The zero-order valence-corrected chi connectivity index (χ0v) is 16.7. The summed E-state index contributed by atoms with van der Waals surface area (Å²) in [5, 5.41) is 5.52. The van der Waals surface area contributed by atoms with E-state index in [2.05, 4.69) is 5.10 Å². The van der Waals surface area contributed by atoms with Gasteiger partial charge in [-0.05, 0) is 56.5 Å². The summed E-state index contributed by atoms with van der Waals surface area (Å²) in [7, 11) is 0. The van der Waals surface area contributed by atoms with E-state index in [4.69, 9.17) is 5.73 Å². The summed E-state index contributed by atoms with van der Waals surface area (Å²) in [5.41, 5.74) is 7.50. The smallest absolute Gasteiger partial charge is 0.264 e. The number of rotatable bonds is 3. The van der Waals surface area contributed by atoms with Crippen molar-refractivity contribution in [1.29, 1.82) is 0 Å². The lowest BCUT2D eigenvalue weighted by molar-refractivity contribution is 0.0628. The van der Waals surface area contributed by atoms with Crippen LogP contribution in [0.25, 0.3) is 15.9 Å². The molecule has 0 saturated carbocycles. The maximum absolute atomic E-state index is 13.2. The third-order valence-electron chi connectivity index (χ3n) is 4.99. The lowest BCUT2D eigenvalue weighted by Gasteiger charge is -2.34. The van der Waals surface area contributed by atoms with E-state index in [9.17, 15) is 9.18 Å². The van der Waals surface area contributed by atoms with Crippen LogP contribution < -0.4 is 5.73 Å². The van der Waals surface area contributed by atoms with Crippen molar-refractivity contribution < 1.29 is 9.18 Å². The first-order valence-electron chi connectivity index (χ1n) is 8.84. The molecule has 1 amide bonds. The van der Waals surface area contributed by atoms with E-state index in [0.717, 1.165) is 47.4 Å². The van der Waals surface area contributed by atoms with E-state index in [1.165, 1.54) is 23.5 Å². The number of carbonyl (C=O) groups is 1. The standard InChI is InChI=1S/C19H21FN4OS.ClH/c1-12-16-10-17(18(25)23-9-3-2-4-15(23)11-21)26-19(16)24(22-12)14-7-5-13(20)6-8-14;/h5-8,10,15H,2-4,9,11,21H2,1H3;1H. The number of hydrogen-bond acceptors (Lipinski definition) is 4. The van der Waals surface area contributed by atoms with Crippen molar-refractivity contribution in [1.82, 2.24) is 14.7 Å². The van der Waals surface area contributed by atoms with Crippen molar-refractivity contribution in [3.63, 3.8) is 0 Å². The molecule has 0 spiro atoms. The summed E-state index contributed by atoms with van der Waals surface area (Å²) in [4.78, 5) is 16.6. The zero-order chi connectivity index (χ0) is 18.3. The first kappa shape index (κ1) is 19.8. The molecule has 1 aliphatic heterocycles. The predicted molar refractivity (Wildman–Crippen MR) is 109 cm³/mol. The molecule has 5 nitrogen and oxygen atoms in total. The lowest BCUT2D eigenvalue weighted by atomic mass is 10.0. The molecule has 1 fully saturated rings. The third kappa shape index (κ3) is 3.59. The van der Waals surface area contributed by atoms with Gasteiger partial charge in [-0.15, -0.1) is 23.7 Å². The van der Waals surface area contributed by atoms with Crippen molar-refractivity contribution in [3.05, 3.63) is 46.7 Å². The van der Waals surface area contributed by atoms with E-state index in [1.807, 2.05) is 17.9 Å². The largest absolute Gasteiger partial charge is 0.334 e. The van der Waals surface area contributed by atoms with Gasteiger partial charge in [-0.1, -0.05) is 0 Å². The molecule has 0 aliphatic carbocycles. The van der Waals surface area contributed by atoms with Crippen LogP contribution in [0.1, 0.15) is 34.6 Å². The molecule has 3 heterocycles. The average molecular weight is 409 g/mol. The minimum absolute atomic E-state index is 0. The highest BCUT2D eigenvalue weighted by atomic mass is 35.5. The molecule has 2 aromatic heterocycles. The topological polar surface area (TPSA) is 64.2 Å². The van der Waals surface area contributed by atoms with Gasteiger partial charge in [0.2, 0.25) is 0 Å². The van der Waals surface area contributed by atoms with Crippen molar-refractivity contribution in [3.8, 4) is 5.69 Å². The Morgan fingerprint density at radius 1 is 1.33 bits per heavy atom. The highest BCUT2D eigenvalue weighted by Gasteiger charge is 2.28. The van der Waals surface area contributed by atoms with Gasteiger partial charge < -0.3 is 10.6 Å². The number of nitrogens with two attached hydrogens (primary N) is 1. The van der Waals surface area contributed by atoms with Gasteiger partial charge in [0, 0.05) is 24.5 Å². The van der Waals surface area contributed by atoms with Crippen LogP contribution in [0.2, 0.25) is 0 Å². The summed E-state index contributed by atoms with van der Waals surface area (Å²) in [6.07, 6.45) is 3.11. The summed E-state index contributed by atoms with van der Waals surface area (Å²) in [5.74, 6) is -0.236. The van der Waals surface area contributed by atoms with Crippen LogP contribution in [0, 0.1) is 12.7 Å². The molecule has 27 heavy (non-hydrogen) atoms. The number of amides is 1. The Morgan fingerprint density at radius 2 is 2.07 bits per heavy atom. The molecule has 1 aliphatic rings. The lowest BCUT2D eigenvalue weighted by Crippen LogP contribution is -2.47. The number of fused-ring (bicyclic) bond motifs is 1. The van der Waals surface area contributed by atoms with E-state index < -0.39 is 0 Å². The van der Waals surface area contributed by atoms with Gasteiger partial charge in [0.25, 0.3) is 5.91 Å². The molecular weight excluding hydrogens is 387 g/mol. The number of halogens is 2. The highest BCUT2D eigenvalue weighted by molar-refractivity contribution is 7.20. The zero-order valence-electron chi connectivity index (χ0n) is 15.0. The summed E-state index contributed by atoms with van der Waals surface area (Å²) >= 11 is 1.43. The molecule has 1 saturated heterocycles. The van der Waals surface area contributed by atoms with Crippen LogP contribution in [0.3, 0.4) is 0 Å². The first-order valence-corrected chi connectivity index (χ1v) is 9.66. The van der Waals surface area contributed by atoms with Crippen molar-refractivity contribution in [2.75, 3.05) is 13.1 Å². The van der Waals surface area contributed by atoms with Gasteiger partial charge in [0.05, 0.1) is 16.3 Å². The highest BCUT2D eigenvalue weighted by Crippen LogP contribution is 2.32. The predicted octanol–water partition coefficient (Wildman–Crippen LogP) is 3.91. The molecule has 0 bridgehead atoms. The van der Waals surface area contributed by atoms with Crippen LogP contribution in [0.15, 0.2) is 30.3 Å². The van der Waals surface area contributed by atoms with Gasteiger partial charge >= 0.3 is 0 Å². The molecule has 1 unspecified atom stereocenters. The number of nitrogens with zero attached hydrogens (tertiary/aromatic N) is 3. The van der Waals surface area contributed by atoms with Crippen LogP contribution in [-0.4, -0.2) is 39.7 Å². The van der Waals surface area contributed by atoms with Gasteiger partial charge in [-0.2, -0.15) is 5.10 Å². The Hall–Kier alpha value is -1.96. The van der Waals surface area contributed by atoms with Crippen LogP contribution in [-0.2, 0) is 0 Å².